The number of fused-ring (bicyclic) bond motifs is 5. The van der Waals surface area contributed by atoms with Gasteiger partial charge in [-0.3, -0.25) is 4.79 Å². The molecule has 0 radical (unpaired) electrons. The van der Waals surface area contributed by atoms with E-state index >= 15 is 0 Å². The van der Waals surface area contributed by atoms with Gasteiger partial charge in [0.2, 0.25) is 6.79 Å². The van der Waals surface area contributed by atoms with Crippen LogP contribution in [0.4, 0.5) is 5.69 Å². The van der Waals surface area contributed by atoms with E-state index in [9.17, 15) is 9.90 Å². The van der Waals surface area contributed by atoms with Crippen molar-refractivity contribution in [2.45, 2.75) is 39.0 Å². The number of aromatic nitrogens is 2. The first-order valence-corrected chi connectivity index (χ1v) is 12.4. The number of rotatable bonds is 6. The van der Waals surface area contributed by atoms with E-state index in [0.29, 0.717) is 41.3 Å². The van der Waals surface area contributed by atoms with Gasteiger partial charge in [0.1, 0.15) is 0 Å². The lowest BCUT2D eigenvalue weighted by Crippen LogP contribution is -2.31. The fourth-order valence-corrected chi connectivity index (χ4v) is 5.37. The molecule has 0 unspecified atom stereocenters. The molecule has 2 aliphatic heterocycles. The minimum Gasteiger partial charge on any atom is -0.454 e. The summed E-state index contributed by atoms with van der Waals surface area (Å²) < 4.78 is 18.5. The zero-order valence-corrected chi connectivity index (χ0v) is 21.3. The molecule has 2 aliphatic rings. The maximum atomic E-state index is 13.8. The third kappa shape index (κ3) is 3.59. The molecule has 2 aromatic heterocycles. The Hall–Kier alpha value is -3.88. The predicted molar refractivity (Wildman–Crippen MR) is 142 cm³/mol. The van der Waals surface area contributed by atoms with Crippen LogP contribution in [0.5, 0.6) is 11.5 Å². The lowest BCUT2D eigenvalue weighted by Gasteiger charge is -2.25. The quantitative estimate of drug-likeness (QED) is 0.352. The number of methoxy groups -OCH3 is 1. The van der Waals surface area contributed by atoms with Crippen molar-refractivity contribution in [2.24, 2.45) is 0 Å². The van der Waals surface area contributed by atoms with E-state index in [1.54, 1.807) is 18.6 Å². The van der Waals surface area contributed by atoms with Crippen LogP contribution in [0.25, 0.3) is 33.4 Å². The van der Waals surface area contributed by atoms with Gasteiger partial charge >= 0.3 is 0 Å². The summed E-state index contributed by atoms with van der Waals surface area (Å²) in [6.07, 6.45) is 0.455. The second kappa shape index (κ2) is 8.61. The highest BCUT2D eigenvalue weighted by atomic mass is 16.7. The van der Waals surface area contributed by atoms with Gasteiger partial charge in [-0.05, 0) is 54.3 Å². The molecule has 0 saturated heterocycles. The standard InChI is InChI=1S/C29H29N3O5/c1-5-29(2,34)21-11-23-27-19(13-32(23)28(33)20(21)14-35-4)26(16-7-6-8-17(9-16)30-3)18-10-24-25(37-15-36-24)12-22(18)31-27/h6-12,30,34H,5,13-15H2,1-4H3/t29-/m0/s1. The van der Waals surface area contributed by atoms with Crippen molar-refractivity contribution in [3.63, 3.8) is 0 Å². The first kappa shape index (κ1) is 23.5. The minimum atomic E-state index is -1.18. The normalized spacial score (nSPS) is 14.9. The maximum absolute atomic E-state index is 13.8. The van der Waals surface area contributed by atoms with Crippen LogP contribution in [0.2, 0.25) is 0 Å². The molecule has 2 N–H and O–H groups in total. The molecule has 8 nitrogen and oxygen atoms in total. The van der Waals surface area contributed by atoms with Crippen molar-refractivity contribution in [1.82, 2.24) is 9.55 Å². The van der Waals surface area contributed by atoms with Crippen molar-refractivity contribution in [2.75, 3.05) is 26.3 Å². The lowest BCUT2D eigenvalue weighted by atomic mass is 9.89. The number of hydrogen-bond donors (Lipinski definition) is 2. The summed E-state index contributed by atoms with van der Waals surface area (Å²) in [6, 6.07) is 14.0. The zero-order chi connectivity index (χ0) is 25.9. The van der Waals surface area contributed by atoms with Gasteiger partial charge in [0.05, 0.1) is 35.7 Å². The Bertz CT molecular complexity index is 1620. The molecule has 8 heteroatoms. The molecular formula is C29H29N3O5. The summed E-state index contributed by atoms with van der Waals surface area (Å²) in [5, 5.41) is 15.4. The van der Waals surface area contributed by atoms with Gasteiger partial charge in [0.15, 0.2) is 11.5 Å². The van der Waals surface area contributed by atoms with E-state index in [-0.39, 0.29) is 19.0 Å². The zero-order valence-electron chi connectivity index (χ0n) is 21.3. The Kier molecular flexibility index (Phi) is 5.47. The number of pyridine rings is 2. The van der Waals surface area contributed by atoms with E-state index in [0.717, 1.165) is 39.0 Å². The molecule has 0 amide bonds. The third-order valence-electron chi connectivity index (χ3n) is 7.54. The van der Waals surface area contributed by atoms with Gasteiger partial charge in [-0.25, -0.2) is 4.98 Å². The number of aliphatic hydroxyl groups is 1. The van der Waals surface area contributed by atoms with Crippen molar-refractivity contribution in [3.8, 4) is 34.0 Å². The largest absolute Gasteiger partial charge is 0.454 e. The summed E-state index contributed by atoms with van der Waals surface area (Å²) >= 11 is 0. The summed E-state index contributed by atoms with van der Waals surface area (Å²) in [7, 11) is 3.45. The first-order chi connectivity index (χ1) is 17.9. The molecular weight excluding hydrogens is 470 g/mol. The van der Waals surface area contributed by atoms with Crippen molar-refractivity contribution in [1.29, 1.82) is 0 Å². The van der Waals surface area contributed by atoms with Gasteiger partial charge in [-0.2, -0.15) is 0 Å². The molecule has 0 spiro atoms. The second-order valence-corrected chi connectivity index (χ2v) is 9.74. The van der Waals surface area contributed by atoms with Gasteiger partial charge in [0.25, 0.3) is 5.56 Å². The van der Waals surface area contributed by atoms with Crippen LogP contribution in [0.3, 0.4) is 0 Å². The second-order valence-electron chi connectivity index (χ2n) is 9.74. The van der Waals surface area contributed by atoms with Gasteiger partial charge in [-0.1, -0.05) is 19.1 Å². The highest BCUT2D eigenvalue weighted by Crippen LogP contribution is 2.45. The average molecular weight is 500 g/mol. The van der Waals surface area contributed by atoms with Crippen LogP contribution in [0.15, 0.2) is 47.3 Å². The maximum Gasteiger partial charge on any atom is 0.257 e. The lowest BCUT2D eigenvalue weighted by molar-refractivity contribution is 0.0495. The first-order valence-electron chi connectivity index (χ1n) is 12.4. The number of nitrogens with zero attached hydrogens (tertiary/aromatic N) is 2. The van der Waals surface area contributed by atoms with Crippen LogP contribution < -0.4 is 20.3 Å². The monoisotopic (exact) mass is 499 g/mol. The van der Waals surface area contributed by atoms with Gasteiger partial charge < -0.3 is 29.2 Å². The van der Waals surface area contributed by atoms with E-state index < -0.39 is 5.60 Å². The minimum absolute atomic E-state index is 0.120. The summed E-state index contributed by atoms with van der Waals surface area (Å²) in [5.41, 5.74) is 5.79. The van der Waals surface area contributed by atoms with Crippen LogP contribution in [0, 0.1) is 0 Å². The molecule has 2 aromatic carbocycles. The molecule has 6 rings (SSSR count). The fraction of sp³-hybridized carbons (Fsp3) is 0.310. The van der Waals surface area contributed by atoms with Crippen LogP contribution in [-0.4, -0.2) is 35.6 Å². The van der Waals surface area contributed by atoms with E-state index in [1.165, 1.54) is 0 Å². The number of ether oxygens (including phenoxy) is 3. The Morgan fingerprint density at radius 3 is 2.70 bits per heavy atom. The number of benzene rings is 2. The average Bonchev–Trinajstić information content (AvgIpc) is 3.51. The Morgan fingerprint density at radius 1 is 1.19 bits per heavy atom. The Morgan fingerprint density at radius 2 is 1.97 bits per heavy atom. The molecule has 4 aromatic rings. The van der Waals surface area contributed by atoms with Crippen molar-refractivity contribution < 1.29 is 19.3 Å². The molecule has 1 atom stereocenters. The van der Waals surface area contributed by atoms with E-state index in [1.807, 2.05) is 44.3 Å². The topological polar surface area (TPSA) is 94.8 Å². The number of hydrogen-bond acceptors (Lipinski definition) is 7. The fourth-order valence-electron chi connectivity index (χ4n) is 5.37. The summed E-state index contributed by atoms with van der Waals surface area (Å²) in [4.78, 5) is 18.8. The Labute approximate surface area is 214 Å². The molecule has 0 fully saturated rings. The predicted octanol–water partition coefficient (Wildman–Crippen LogP) is 4.63. The van der Waals surface area contributed by atoms with E-state index in [2.05, 4.69) is 17.4 Å². The molecule has 37 heavy (non-hydrogen) atoms. The summed E-state index contributed by atoms with van der Waals surface area (Å²) in [5.74, 6) is 1.33. The SMILES string of the molecule is CC[C@](C)(O)c1cc2n(c(=O)c1COC)Cc1c-2nc2cc3c(cc2c1-c1cccc(NC)c1)OCO3. The summed E-state index contributed by atoms with van der Waals surface area (Å²) in [6.45, 7) is 4.29. The van der Waals surface area contributed by atoms with Gasteiger partial charge in [0, 0.05) is 42.4 Å². The van der Waals surface area contributed by atoms with Gasteiger partial charge in [-0.15, -0.1) is 0 Å². The number of nitrogens with one attached hydrogen (secondary N) is 1. The third-order valence-corrected chi connectivity index (χ3v) is 7.54. The van der Waals surface area contributed by atoms with E-state index in [4.69, 9.17) is 19.2 Å². The molecule has 4 heterocycles. The molecule has 0 saturated carbocycles. The Balaban J connectivity index is 1.69. The molecule has 0 bridgehead atoms. The highest BCUT2D eigenvalue weighted by Gasteiger charge is 2.33. The van der Waals surface area contributed by atoms with Crippen LogP contribution in [0.1, 0.15) is 37.0 Å². The van der Waals surface area contributed by atoms with Crippen LogP contribution >= 0.6 is 0 Å². The van der Waals surface area contributed by atoms with Crippen LogP contribution in [-0.2, 0) is 23.5 Å². The number of anilines is 1. The molecule has 190 valence electrons. The molecule has 0 aliphatic carbocycles. The van der Waals surface area contributed by atoms with Crippen molar-refractivity contribution >= 4 is 16.6 Å². The highest BCUT2D eigenvalue weighted by molar-refractivity contribution is 6.01. The smallest absolute Gasteiger partial charge is 0.257 e. The van der Waals surface area contributed by atoms with Crippen molar-refractivity contribution in [3.05, 3.63) is 69.5 Å².